The minimum Gasteiger partial charge on any atom is -0.255 e. The van der Waals surface area contributed by atoms with E-state index in [0.29, 0.717) is 6.42 Å². The van der Waals surface area contributed by atoms with Crippen molar-refractivity contribution in [2.45, 2.75) is 31.3 Å². The normalized spacial score (nSPS) is 14.1. The average Bonchev–Trinajstić information content (AvgIpc) is 2.58. The largest absolute Gasteiger partial charge is 0.259 e. The van der Waals surface area contributed by atoms with Gasteiger partial charge in [0.15, 0.2) is 5.03 Å². The summed E-state index contributed by atoms with van der Waals surface area (Å²) in [4.78, 5) is 0. The molecule has 0 aliphatic carbocycles. The maximum absolute atomic E-state index is 12.3. The first-order valence-corrected chi connectivity index (χ1v) is 8.53. The van der Waals surface area contributed by atoms with Gasteiger partial charge >= 0.3 is 0 Å². The smallest absolute Gasteiger partial charge is 0.255 e. The van der Waals surface area contributed by atoms with Crippen LogP contribution in [0.4, 0.5) is 0 Å². The molecule has 1 heterocycles. The molecule has 1 aromatic rings. The van der Waals surface area contributed by atoms with E-state index in [2.05, 4.69) is 25.8 Å². The first-order chi connectivity index (χ1) is 8.29. The maximum atomic E-state index is 12.3. The molecule has 0 radical (unpaired) electrons. The Morgan fingerprint density at radius 1 is 1.56 bits per heavy atom. The Bertz CT molecular complexity index is 482. The third-order valence-corrected chi connectivity index (χ3v) is 5.08. The molecule has 1 N–H and O–H groups in total. The highest BCUT2D eigenvalue weighted by Gasteiger charge is 2.27. The van der Waals surface area contributed by atoms with Crippen LogP contribution >= 0.6 is 27.5 Å². The van der Waals surface area contributed by atoms with E-state index < -0.39 is 10.0 Å². The topological polar surface area (TPSA) is 64.0 Å². The van der Waals surface area contributed by atoms with Crippen molar-refractivity contribution in [1.82, 2.24) is 14.5 Å². The summed E-state index contributed by atoms with van der Waals surface area (Å²) in [5.74, 6) is 0.198. The Hall–Kier alpha value is -0.110. The molecule has 0 aliphatic rings. The number of hydrogen-bond donors (Lipinski definition) is 1. The van der Waals surface area contributed by atoms with E-state index in [1.54, 1.807) is 7.05 Å². The van der Waals surface area contributed by atoms with Gasteiger partial charge in [-0.2, -0.15) is 5.10 Å². The van der Waals surface area contributed by atoms with Gasteiger partial charge in [-0.15, -0.1) is 0 Å². The predicted molar refractivity (Wildman–Crippen MR) is 75.6 cm³/mol. The van der Waals surface area contributed by atoms with Gasteiger partial charge in [-0.05, 0) is 12.3 Å². The molecule has 1 atom stereocenters. The summed E-state index contributed by atoms with van der Waals surface area (Å²) in [6, 6.07) is -0.139. The van der Waals surface area contributed by atoms with E-state index >= 15 is 0 Å². The summed E-state index contributed by atoms with van der Waals surface area (Å²) < 4.78 is 28.4. The Kier molecular flexibility index (Phi) is 5.64. The summed E-state index contributed by atoms with van der Waals surface area (Å²) in [6.45, 7) is 3.95. The molecule has 5 nitrogen and oxygen atoms in total. The van der Waals surface area contributed by atoms with E-state index in [9.17, 15) is 8.42 Å². The molecule has 0 bridgehead atoms. The maximum Gasteiger partial charge on any atom is 0.259 e. The van der Waals surface area contributed by atoms with Crippen LogP contribution < -0.4 is 4.72 Å². The zero-order chi connectivity index (χ0) is 13.9. The molecule has 0 aliphatic heterocycles. The van der Waals surface area contributed by atoms with Crippen LogP contribution in [0, 0.1) is 5.92 Å². The highest BCUT2D eigenvalue weighted by atomic mass is 79.9. The average molecular weight is 359 g/mol. The van der Waals surface area contributed by atoms with Gasteiger partial charge in [0.2, 0.25) is 0 Å². The van der Waals surface area contributed by atoms with Crippen molar-refractivity contribution in [1.29, 1.82) is 0 Å². The van der Waals surface area contributed by atoms with Crippen molar-refractivity contribution in [3.8, 4) is 0 Å². The number of nitrogens with one attached hydrogen (secondary N) is 1. The molecule has 0 fully saturated rings. The van der Waals surface area contributed by atoms with Gasteiger partial charge in [0, 0.05) is 18.4 Å². The van der Waals surface area contributed by atoms with E-state index in [0.717, 1.165) is 5.33 Å². The molecule has 0 saturated heterocycles. The molecular weight excluding hydrogens is 342 g/mol. The van der Waals surface area contributed by atoms with Crippen LogP contribution in [0.25, 0.3) is 0 Å². The molecule has 1 rings (SSSR count). The van der Waals surface area contributed by atoms with Gasteiger partial charge in [-0.1, -0.05) is 41.4 Å². The van der Waals surface area contributed by atoms with E-state index in [1.807, 2.05) is 13.8 Å². The molecule has 0 amide bonds. The van der Waals surface area contributed by atoms with Crippen molar-refractivity contribution in [2.24, 2.45) is 13.0 Å². The number of aromatic nitrogens is 2. The number of sulfonamides is 1. The number of nitrogens with zero attached hydrogens (tertiary/aromatic N) is 2. The van der Waals surface area contributed by atoms with Gasteiger partial charge in [-0.25, -0.2) is 13.1 Å². The van der Waals surface area contributed by atoms with Crippen molar-refractivity contribution < 1.29 is 8.42 Å². The SMILES string of the molecule is CC(C)C(CCBr)NS(=O)(=O)c1c(Cl)cnn1C. The fourth-order valence-electron chi connectivity index (χ4n) is 1.60. The monoisotopic (exact) mass is 357 g/mol. The molecule has 0 spiro atoms. The van der Waals surface area contributed by atoms with Gasteiger partial charge in [0.05, 0.1) is 11.2 Å². The Labute approximate surface area is 121 Å². The zero-order valence-electron chi connectivity index (χ0n) is 10.5. The lowest BCUT2D eigenvalue weighted by Crippen LogP contribution is -2.39. The first kappa shape index (κ1) is 15.9. The van der Waals surface area contributed by atoms with Crippen LogP contribution in [0.3, 0.4) is 0 Å². The number of alkyl halides is 1. The quantitative estimate of drug-likeness (QED) is 0.793. The molecule has 1 aromatic heterocycles. The highest BCUT2D eigenvalue weighted by Crippen LogP contribution is 2.21. The fourth-order valence-corrected chi connectivity index (χ4v) is 4.17. The van der Waals surface area contributed by atoms with Crippen LogP contribution in [0.5, 0.6) is 0 Å². The Balaban J connectivity index is 3.01. The summed E-state index contributed by atoms with van der Waals surface area (Å²) >= 11 is 9.18. The van der Waals surface area contributed by atoms with Crippen LogP contribution in [0.2, 0.25) is 5.02 Å². The Morgan fingerprint density at radius 3 is 2.56 bits per heavy atom. The van der Waals surface area contributed by atoms with Crippen molar-refractivity contribution in [3.63, 3.8) is 0 Å². The van der Waals surface area contributed by atoms with E-state index in [-0.39, 0.29) is 22.0 Å². The third kappa shape index (κ3) is 3.69. The summed E-state index contributed by atoms with van der Waals surface area (Å²) in [5.41, 5.74) is 0. The molecule has 1 unspecified atom stereocenters. The second kappa shape index (κ2) is 6.36. The van der Waals surface area contributed by atoms with Crippen LogP contribution in [-0.2, 0) is 17.1 Å². The van der Waals surface area contributed by atoms with Crippen LogP contribution in [0.15, 0.2) is 11.2 Å². The second-order valence-corrected chi connectivity index (χ2v) is 7.20. The van der Waals surface area contributed by atoms with Gasteiger partial charge in [-0.3, -0.25) is 4.68 Å². The molecular formula is C10H17BrClN3O2S. The summed E-state index contributed by atoms with van der Waals surface area (Å²) in [5, 5.41) is 4.71. The minimum atomic E-state index is -3.65. The van der Waals surface area contributed by atoms with Crippen LogP contribution in [0.1, 0.15) is 20.3 Å². The predicted octanol–water partition coefficient (Wildman–Crippen LogP) is 2.16. The van der Waals surface area contributed by atoms with Crippen LogP contribution in [-0.4, -0.2) is 29.6 Å². The van der Waals surface area contributed by atoms with Gasteiger partial charge < -0.3 is 0 Å². The fraction of sp³-hybridized carbons (Fsp3) is 0.700. The van der Waals surface area contributed by atoms with Crippen molar-refractivity contribution in [3.05, 3.63) is 11.2 Å². The molecule has 104 valence electrons. The van der Waals surface area contributed by atoms with E-state index in [1.165, 1.54) is 10.9 Å². The third-order valence-electron chi connectivity index (χ3n) is 2.63. The molecule has 0 aromatic carbocycles. The highest BCUT2D eigenvalue weighted by molar-refractivity contribution is 9.09. The lowest BCUT2D eigenvalue weighted by atomic mass is 10.0. The van der Waals surface area contributed by atoms with E-state index in [4.69, 9.17) is 11.6 Å². The number of hydrogen-bond acceptors (Lipinski definition) is 3. The number of rotatable bonds is 6. The number of aryl methyl sites for hydroxylation is 1. The summed E-state index contributed by atoms with van der Waals surface area (Å²) in [6.07, 6.45) is 2.04. The first-order valence-electron chi connectivity index (χ1n) is 5.55. The lowest BCUT2D eigenvalue weighted by Gasteiger charge is -2.21. The summed E-state index contributed by atoms with van der Waals surface area (Å²) in [7, 11) is -2.10. The molecule has 18 heavy (non-hydrogen) atoms. The second-order valence-electron chi connectivity index (χ2n) is 4.37. The Morgan fingerprint density at radius 2 is 2.17 bits per heavy atom. The van der Waals surface area contributed by atoms with Gasteiger partial charge in [0.1, 0.15) is 0 Å². The molecule has 8 heteroatoms. The zero-order valence-corrected chi connectivity index (χ0v) is 13.7. The van der Waals surface area contributed by atoms with Gasteiger partial charge in [0.25, 0.3) is 10.0 Å². The standard InChI is InChI=1S/C10H17BrClN3O2S/c1-7(2)9(4-5-11)14-18(16,17)10-8(12)6-13-15(10)3/h6-7,9,14H,4-5H2,1-3H3. The van der Waals surface area contributed by atoms with Crippen molar-refractivity contribution in [2.75, 3.05) is 5.33 Å². The van der Waals surface area contributed by atoms with Crippen molar-refractivity contribution >= 4 is 37.6 Å². The number of halogens is 2. The minimum absolute atomic E-state index is 0.00406. The molecule has 0 saturated carbocycles. The lowest BCUT2D eigenvalue weighted by molar-refractivity contribution is 0.438.